The van der Waals surface area contributed by atoms with E-state index >= 15 is 0 Å². The normalized spacial score (nSPS) is 20.0. The number of carboxylic acids is 1. The van der Waals surface area contributed by atoms with Crippen molar-refractivity contribution >= 4 is 88.9 Å². The number of halogens is 3. The molecule has 2 N–H and O–H groups in total. The van der Waals surface area contributed by atoms with Gasteiger partial charge in [-0.1, -0.05) is 22.5 Å². The smallest absolute Gasteiger partial charge is 0.357 e. The fraction of sp³-hybridized carbons (Fsp3) is 0.312. The van der Waals surface area contributed by atoms with Gasteiger partial charge < -0.3 is 14.9 Å². The molecule has 182 valence electrons. The Labute approximate surface area is 207 Å². The Bertz CT molecular complexity index is 1260. The van der Waals surface area contributed by atoms with Crippen LogP contribution in [-0.2, 0) is 19.1 Å². The Morgan fingerprint density at radius 3 is 2.47 bits per heavy atom. The number of carbonyl (C=O) groups excluding carboxylic acids is 3. The van der Waals surface area contributed by atoms with Crippen molar-refractivity contribution < 1.29 is 39.2 Å². The molecule has 0 aliphatic carbocycles. The van der Waals surface area contributed by atoms with Crippen LogP contribution in [0.1, 0.15) is 24.1 Å². The van der Waals surface area contributed by atoms with Gasteiger partial charge in [-0.2, -0.15) is 5.01 Å². The first-order valence-electron chi connectivity index (χ1n) is 9.04. The van der Waals surface area contributed by atoms with Crippen LogP contribution in [-0.4, -0.2) is 65.8 Å². The number of alkyl halides is 1. The van der Waals surface area contributed by atoms with Crippen molar-refractivity contribution in [1.29, 1.82) is 0 Å². The van der Waals surface area contributed by atoms with E-state index in [1.54, 1.807) is 0 Å². The van der Waals surface area contributed by atoms with Crippen LogP contribution in [0.25, 0.3) is 5.52 Å². The molecule has 0 radical (unpaired) electrons. The van der Waals surface area contributed by atoms with Gasteiger partial charge in [-0.25, -0.2) is 19.7 Å². The summed E-state index contributed by atoms with van der Waals surface area (Å²) in [6, 6.07) is 2.20. The predicted octanol–water partition coefficient (Wildman–Crippen LogP) is 2.59. The maximum Gasteiger partial charge on any atom is 0.357 e. The average Bonchev–Trinajstić information content (AvgIpc) is 3.14. The highest BCUT2D eigenvalue weighted by atomic mass is 35.9. The van der Waals surface area contributed by atoms with Crippen molar-refractivity contribution in [3.63, 3.8) is 0 Å². The number of anilines is 1. The summed E-state index contributed by atoms with van der Waals surface area (Å²) in [5, 5.41) is 29.6. The highest BCUT2D eigenvalue weighted by Crippen LogP contribution is 2.51. The lowest BCUT2D eigenvalue weighted by atomic mass is 9.81. The summed E-state index contributed by atoms with van der Waals surface area (Å²) in [6.45, 7) is 0.109. The molecule has 18 heteroatoms. The molecule has 3 heterocycles. The molecule has 0 bridgehead atoms. The first kappa shape index (κ1) is 26.2. The molecule has 1 aliphatic rings. The molecule has 13 nitrogen and oxygen atoms in total. The van der Waals surface area contributed by atoms with Gasteiger partial charge in [-0.05, 0) is 34.2 Å². The van der Waals surface area contributed by atoms with Gasteiger partial charge in [0.15, 0.2) is 27.4 Å². The SMILES string of the molecule is CCOC(=O)C1(C(C)=O)C(Cl)C(=O)N1N(c1c(O)ccc2c(P(Cl)Cl)pc(C(=O)O)n12)[N+](=O)[O-]. The van der Waals surface area contributed by atoms with Gasteiger partial charge in [0.25, 0.3) is 5.91 Å². The second-order valence-corrected chi connectivity index (χ2v) is 12.0. The van der Waals surface area contributed by atoms with Crippen LogP contribution in [0.5, 0.6) is 5.75 Å². The molecule has 1 saturated heterocycles. The fourth-order valence-corrected chi connectivity index (χ4v) is 6.93. The Hall–Kier alpha value is -2.43. The number of nitro groups is 1. The van der Waals surface area contributed by atoms with Gasteiger partial charge >= 0.3 is 11.9 Å². The number of hydrogen-bond acceptors (Lipinski definition) is 8. The van der Waals surface area contributed by atoms with Crippen molar-refractivity contribution in [2.75, 3.05) is 11.7 Å². The zero-order valence-electron chi connectivity index (χ0n) is 17.0. The number of hydrazine groups is 2. The Kier molecular flexibility index (Phi) is 7.17. The lowest BCUT2D eigenvalue weighted by molar-refractivity contribution is -0.525. The van der Waals surface area contributed by atoms with Gasteiger partial charge in [-0.3, -0.25) is 14.0 Å². The lowest BCUT2D eigenvalue weighted by Gasteiger charge is -2.50. The first-order valence-corrected chi connectivity index (χ1v) is 13.5. The number of esters is 1. The number of Topliss-reactive ketones (excluding diaryl/α,β-unsaturated/α-hetero) is 1. The maximum atomic E-state index is 12.8. The number of aromatic hydroxyl groups is 1. The third kappa shape index (κ3) is 3.63. The number of nitrogens with zero attached hydrogens (tertiary/aromatic N) is 4. The van der Waals surface area contributed by atoms with E-state index in [-0.39, 0.29) is 35.5 Å². The third-order valence-electron chi connectivity index (χ3n) is 4.87. The van der Waals surface area contributed by atoms with Gasteiger partial charge in [0.1, 0.15) is 6.63 Å². The van der Waals surface area contributed by atoms with E-state index in [4.69, 9.17) is 38.8 Å². The molecule has 34 heavy (non-hydrogen) atoms. The highest BCUT2D eigenvalue weighted by molar-refractivity contribution is 8.12. The van der Waals surface area contributed by atoms with E-state index in [1.165, 1.54) is 13.0 Å². The molecule has 2 aromatic heterocycles. The van der Waals surface area contributed by atoms with Gasteiger partial charge in [-0.15, -0.1) is 11.6 Å². The quantitative estimate of drug-likeness (QED) is 0.0909. The van der Waals surface area contributed by atoms with Gasteiger partial charge in [0.2, 0.25) is 11.4 Å². The average molecular weight is 574 g/mol. The van der Waals surface area contributed by atoms with E-state index in [2.05, 4.69) is 0 Å². The summed E-state index contributed by atoms with van der Waals surface area (Å²) in [6.07, 6.45) is 0. The fourth-order valence-electron chi connectivity index (χ4n) is 3.48. The second kappa shape index (κ2) is 9.31. The Morgan fingerprint density at radius 1 is 1.38 bits per heavy atom. The molecule has 0 aromatic carbocycles. The van der Waals surface area contributed by atoms with Crippen LogP contribution < -0.4 is 10.2 Å². The molecule has 1 aliphatic heterocycles. The topological polar surface area (TPSA) is 172 Å². The predicted molar refractivity (Wildman–Crippen MR) is 123 cm³/mol. The third-order valence-corrected chi connectivity index (χ3v) is 9.59. The summed E-state index contributed by atoms with van der Waals surface area (Å²) in [7, 11) is -0.0303. The second-order valence-electron chi connectivity index (χ2n) is 6.64. The molecule has 1 fully saturated rings. The van der Waals surface area contributed by atoms with E-state index < -0.39 is 63.2 Å². The number of pyridine rings is 1. The highest BCUT2D eigenvalue weighted by Gasteiger charge is 2.74. The summed E-state index contributed by atoms with van der Waals surface area (Å²) < 4.78 is 5.61. The largest absolute Gasteiger partial charge is 0.504 e. The number of ether oxygens (including phenoxy) is 1. The van der Waals surface area contributed by atoms with E-state index in [0.29, 0.717) is 0 Å². The summed E-state index contributed by atoms with van der Waals surface area (Å²) in [5.74, 6) is -6.93. The van der Waals surface area contributed by atoms with Crippen molar-refractivity contribution in [1.82, 2.24) is 9.41 Å². The van der Waals surface area contributed by atoms with Crippen LogP contribution in [0.3, 0.4) is 0 Å². The number of aromatic carboxylic acids is 1. The minimum absolute atomic E-state index is 0.00483. The molecular formula is C16H13Cl3N4O9P2. The summed E-state index contributed by atoms with van der Waals surface area (Å²) in [4.78, 5) is 62.2. The van der Waals surface area contributed by atoms with Crippen LogP contribution in [0.15, 0.2) is 12.1 Å². The van der Waals surface area contributed by atoms with Crippen LogP contribution in [0, 0.1) is 10.1 Å². The number of amides is 1. The van der Waals surface area contributed by atoms with Crippen LogP contribution in [0.2, 0.25) is 0 Å². The van der Waals surface area contributed by atoms with Crippen LogP contribution >= 0.6 is 48.9 Å². The molecule has 2 unspecified atom stereocenters. The number of carbonyl (C=O) groups is 4. The standard InChI is InChI=1S/C16H13Cl3N4O9P2/c1-3-32-15(29)16(6(2)24)9(17)11(26)21(16)22(23(30)31)10-8(25)5-4-7-14(34(18)19)33-12(13(27)28)20(7)10/h4-5,9,25H,3H2,1-2H3,(H,27,28). The number of ketones is 1. The minimum atomic E-state index is -2.66. The number of aromatic nitrogens is 1. The van der Waals surface area contributed by atoms with Gasteiger partial charge in [0.05, 0.1) is 17.2 Å². The Morgan fingerprint density at radius 2 is 2.00 bits per heavy atom. The number of rotatable bonds is 8. The Balaban J connectivity index is 2.41. The number of fused-ring (bicyclic) bond motifs is 1. The molecule has 2 aromatic rings. The van der Waals surface area contributed by atoms with E-state index in [0.717, 1.165) is 17.4 Å². The minimum Gasteiger partial charge on any atom is -0.504 e. The van der Waals surface area contributed by atoms with Crippen molar-refractivity contribution in [3.05, 3.63) is 27.7 Å². The zero-order valence-corrected chi connectivity index (χ0v) is 21.1. The number of β-lactam (4-membered cyclic amide) rings is 1. The monoisotopic (exact) mass is 572 g/mol. The lowest BCUT2D eigenvalue weighted by Crippen LogP contribution is -2.83. The van der Waals surface area contributed by atoms with E-state index in [9.17, 15) is 39.5 Å². The van der Waals surface area contributed by atoms with E-state index in [1.807, 2.05) is 0 Å². The molecule has 1 amide bonds. The molecule has 0 spiro atoms. The zero-order chi connectivity index (χ0) is 25.7. The summed E-state index contributed by atoms with van der Waals surface area (Å²) in [5.41, 5.74) is -3.18. The van der Waals surface area contributed by atoms with Crippen molar-refractivity contribution in [2.24, 2.45) is 0 Å². The van der Waals surface area contributed by atoms with Crippen LogP contribution in [0.4, 0.5) is 5.82 Å². The van der Waals surface area contributed by atoms with Crippen molar-refractivity contribution in [2.45, 2.75) is 24.8 Å². The molecule has 3 rings (SSSR count). The molecule has 2 atom stereocenters. The summed E-state index contributed by atoms with van der Waals surface area (Å²) >= 11 is 18.0. The van der Waals surface area contributed by atoms with Crippen molar-refractivity contribution in [3.8, 4) is 5.75 Å². The number of hydrogen-bond donors (Lipinski definition) is 2. The van der Waals surface area contributed by atoms with Gasteiger partial charge in [0, 0.05) is 5.12 Å². The number of carboxylic acid groups (broad SMARTS) is 1. The first-order chi connectivity index (χ1) is 15.8. The molecule has 0 saturated carbocycles. The maximum absolute atomic E-state index is 12.8. The molecular weight excluding hydrogens is 561 g/mol.